The number of guanidine groups is 1. The molecule has 1 N–H and O–H groups in total. The van der Waals surface area contributed by atoms with Gasteiger partial charge >= 0.3 is 0 Å². The molecular formula is C21H30ClN5S. The third-order valence-electron chi connectivity index (χ3n) is 5.21. The monoisotopic (exact) mass is 419 g/mol. The first-order valence-corrected chi connectivity index (χ1v) is 11.1. The van der Waals surface area contributed by atoms with Gasteiger partial charge in [0.25, 0.3) is 0 Å². The number of aliphatic imine (C=N–C) groups is 1. The third-order valence-corrected chi connectivity index (χ3v) is 6.29. The Hall–Kier alpha value is -1.63. The van der Waals surface area contributed by atoms with E-state index in [-0.39, 0.29) is 0 Å². The number of piperidine rings is 1. The van der Waals surface area contributed by atoms with Crippen LogP contribution in [0.4, 0.5) is 0 Å². The van der Waals surface area contributed by atoms with Crippen LogP contribution in [0.5, 0.6) is 0 Å². The molecule has 0 aliphatic carbocycles. The lowest BCUT2D eigenvalue weighted by Crippen LogP contribution is -2.43. The summed E-state index contributed by atoms with van der Waals surface area (Å²) in [6.45, 7) is 7.12. The summed E-state index contributed by atoms with van der Waals surface area (Å²) in [5.41, 5.74) is 2.43. The van der Waals surface area contributed by atoms with Crippen LogP contribution in [0.1, 0.15) is 29.1 Å². The van der Waals surface area contributed by atoms with E-state index >= 15 is 0 Å². The van der Waals surface area contributed by atoms with Crippen LogP contribution in [0.25, 0.3) is 0 Å². The van der Waals surface area contributed by atoms with Gasteiger partial charge in [0.2, 0.25) is 0 Å². The first-order chi connectivity index (χ1) is 13.5. The van der Waals surface area contributed by atoms with Crippen LogP contribution in [-0.2, 0) is 13.1 Å². The van der Waals surface area contributed by atoms with Crippen molar-refractivity contribution in [3.8, 4) is 0 Å². The fraction of sp³-hybridized carbons (Fsp3) is 0.524. The molecule has 0 atom stereocenters. The van der Waals surface area contributed by atoms with Gasteiger partial charge in [-0.25, -0.2) is 4.98 Å². The Morgan fingerprint density at radius 1 is 1.32 bits per heavy atom. The first-order valence-electron chi connectivity index (χ1n) is 9.83. The van der Waals surface area contributed by atoms with Gasteiger partial charge < -0.3 is 10.2 Å². The van der Waals surface area contributed by atoms with Crippen molar-refractivity contribution in [2.75, 3.05) is 33.7 Å². The number of rotatable bonds is 6. The first kappa shape index (κ1) is 21.1. The molecular weight excluding hydrogens is 390 g/mol. The van der Waals surface area contributed by atoms with Crippen molar-refractivity contribution in [2.24, 2.45) is 10.9 Å². The van der Waals surface area contributed by atoms with Gasteiger partial charge in [0.1, 0.15) is 0 Å². The number of benzene rings is 1. The van der Waals surface area contributed by atoms with Crippen LogP contribution >= 0.6 is 22.9 Å². The normalized spacial score (nSPS) is 16.4. The number of likely N-dealkylation sites (tertiary alicyclic amines) is 1. The van der Waals surface area contributed by atoms with E-state index < -0.39 is 0 Å². The Morgan fingerprint density at radius 2 is 2.04 bits per heavy atom. The maximum absolute atomic E-state index is 5.97. The fourth-order valence-corrected chi connectivity index (χ4v) is 4.35. The summed E-state index contributed by atoms with van der Waals surface area (Å²) in [6.07, 6.45) is 2.43. The Bertz CT molecular complexity index is 765. The minimum Gasteiger partial charge on any atom is -0.356 e. The number of thiazole rings is 1. The van der Waals surface area contributed by atoms with Crippen molar-refractivity contribution in [2.45, 2.75) is 32.9 Å². The number of nitrogens with one attached hydrogen (secondary N) is 1. The predicted molar refractivity (Wildman–Crippen MR) is 119 cm³/mol. The lowest BCUT2D eigenvalue weighted by Gasteiger charge is -2.32. The molecule has 0 spiro atoms. The quantitative estimate of drug-likeness (QED) is 0.567. The topological polar surface area (TPSA) is 43.8 Å². The zero-order valence-corrected chi connectivity index (χ0v) is 18.6. The van der Waals surface area contributed by atoms with Crippen LogP contribution in [0.3, 0.4) is 0 Å². The molecule has 3 rings (SSSR count). The molecule has 0 radical (unpaired) electrons. The maximum Gasteiger partial charge on any atom is 0.193 e. The van der Waals surface area contributed by atoms with Crippen LogP contribution in [0.2, 0.25) is 5.02 Å². The predicted octanol–water partition coefficient (Wildman–Crippen LogP) is 4.02. The molecule has 1 aromatic heterocycles. The average molecular weight is 420 g/mol. The van der Waals surface area contributed by atoms with E-state index in [0.29, 0.717) is 5.92 Å². The summed E-state index contributed by atoms with van der Waals surface area (Å²) in [4.78, 5) is 13.7. The van der Waals surface area contributed by atoms with E-state index in [0.717, 1.165) is 48.7 Å². The number of aryl methyl sites for hydroxylation is 1. The highest BCUT2D eigenvalue weighted by Gasteiger charge is 2.20. The summed E-state index contributed by atoms with van der Waals surface area (Å²) in [6, 6.07) is 7.99. The highest BCUT2D eigenvalue weighted by molar-refractivity contribution is 7.09. The minimum atomic E-state index is 0.689. The van der Waals surface area contributed by atoms with Crippen LogP contribution in [-0.4, -0.2) is 54.5 Å². The molecule has 2 heterocycles. The zero-order valence-electron chi connectivity index (χ0n) is 17.0. The summed E-state index contributed by atoms with van der Waals surface area (Å²) >= 11 is 7.71. The molecule has 7 heteroatoms. The lowest BCUT2D eigenvalue weighted by atomic mass is 9.97. The van der Waals surface area contributed by atoms with Crippen molar-refractivity contribution >= 4 is 28.9 Å². The molecule has 1 aliphatic heterocycles. The average Bonchev–Trinajstić information content (AvgIpc) is 3.10. The van der Waals surface area contributed by atoms with Gasteiger partial charge in [-0.2, -0.15) is 0 Å². The minimum absolute atomic E-state index is 0.689. The highest BCUT2D eigenvalue weighted by atomic mass is 35.5. The molecule has 1 fully saturated rings. The third kappa shape index (κ3) is 6.19. The second kappa shape index (κ2) is 10.2. The van der Waals surface area contributed by atoms with Crippen molar-refractivity contribution in [1.29, 1.82) is 0 Å². The molecule has 0 unspecified atom stereocenters. The Kier molecular flexibility index (Phi) is 7.71. The second-order valence-electron chi connectivity index (χ2n) is 7.49. The van der Waals surface area contributed by atoms with Gasteiger partial charge in [0, 0.05) is 44.1 Å². The standard InChI is InChI=1S/C21H30ClN5S/c1-16-25-20(15-28-16)14-27-10-8-17(9-11-27)12-24-21(23-2)26(3)13-18-4-6-19(22)7-5-18/h4-7,15,17H,8-14H2,1-3H3,(H,23,24). The summed E-state index contributed by atoms with van der Waals surface area (Å²) in [7, 11) is 3.92. The molecule has 1 saturated heterocycles. The van der Waals surface area contributed by atoms with Crippen molar-refractivity contribution in [3.05, 3.63) is 50.9 Å². The summed E-state index contributed by atoms with van der Waals surface area (Å²) in [5, 5.41) is 7.67. The number of aromatic nitrogens is 1. The van der Waals surface area contributed by atoms with Crippen molar-refractivity contribution in [1.82, 2.24) is 20.1 Å². The van der Waals surface area contributed by atoms with Crippen molar-refractivity contribution < 1.29 is 0 Å². The maximum atomic E-state index is 5.97. The molecule has 0 saturated carbocycles. The second-order valence-corrected chi connectivity index (χ2v) is 8.99. The Balaban J connectivity index is 1.41. The van der Waals surface area contributed by atoms with Crippen LogP contribution < -0.4 is 5.32 Å². The number of halogens is 1. The van der Waals surface area contributed by atoms with E-state index in [4.69, 9.17) is 11.6 Å². The van der Waals surface area contributed by atoms with Gasteiger partial charge in [-0.3, -0.25) is 9.89 Å². The molecule has 0 bridgehead atoms. The zero-order chi connectivity index (χ0) is 19.9. The molecule has 28 heavy (non-hydrogen) atoms. The number of hydrogen-bond acceptors (Lipinski definition) is 4. The van der Waals surface area contributed by atoms with E-state index in [1.54, 1.807) is 11.3 Å². The van der Waals surface area contributed by atoms with E-state index in [1.165, 1.54) is 24.1 Å². The molecule has 1 aromatic carbocycles. The largest absolute Gasteiger partial charge is 0.356 e. The van der Waals surface area contributed by atoms with Gasteiger partial charge in [0.15, 0.2) is 5.96 Å². The number of hydrogen-bond donors (Lipinski definition) is 1. The summed E-state index contributed by atoms with van der Waals surface area (Å²) < 4.78 is 0. The number of nitrogens with zero attached hydrogens (tertiary/aromatic N) is 4. The Morgan fingerprint density at radius 3 is 2.64 bits per heavy atom. The van der Waals surface area contributed by atoms with Gasteiger partial charge in [-0.15, -0.1) is 11.3 Å². The van der Waals surface area contributed by atoms with Gasteiger partial charge in [-0.1, -0.05) is 23.7 Å². The van der Waals surface area contributed by atoms with E-state index in [2.05, 4.69) is 56.6 Å². The molecule has 152 valence electrons. The van der Waals surface area contributed by atoms with Crippen LogP contribution in [0, 0.1) is 12.8 Å². The molecule has 5 nitrogen and oxygen atoms in total. The van der Waals surface area contributed by atoms with E-state index in [1.807, 2.05) is 19.2 Å². The van der Waals surface area contributed by atoms with E-state index in [9.17, 15) is 0 Å². The SMILES string of the molecule is CN=C(NCC1CCN(Cc2csc(C)n2)CC1)N(C)Cc1ccc(Cl)cc1. The van der Waals surface area contributed by atoms with Gasteiger partial charge in [-0.05, 0) is 56.5 Å². The fourth-order valence-electron chi connectivity index (χ4n) is 3.62. The van der Waals surface area contributed by atoms with Crippen LogP contribution in [0.15, 0.2) is 34.6 Å². The molecule has 0 amide bonds. The van der Waals surface area contributed by atoms with Gasteiger partial charge in [0.05, 0.1) is 10.7 Å². The molecule has 1 aliphatic rings. The Labute approximate surface area is 177 Å². The van der Waals surface area contributed by atoms with Crippen molar-refractivity contribution in [3.63, 3.8) is 0 Å². The smallest absolute Gasteiger partial charge is 0.193 e. The lowest BCUT2D eigenvalue weighted by molar-refractivity contribution is 0.176. The summed E-state index contributed by atoms with van der Waals surface area (Å²) in [5.74, 6) is 1.63. The molecule has 2 aromatic rings. The highest BCUT2D eigenvalue weighted by Crippen LogP contribution is 2.19.